The molecule has 0 radical (unpaired) electrons. The van der Waals surface area contributed by atoms with Crippen LogP contribution in [0.2, 0.25) is 0 Å². The Labute approximate surface area is 73.8 Å². The number of benzene rings is 1. The van der Waals surface area contributed by atoms with Gasteiger partial charge in [0.2, 0.25) is 0 Å². The Kier molecular flexibility index (Phi) is 2.32. The summed E-state index contributed by atoms with van der Waals surface area (Å²) >= 11 is 5.07. The summed E-state index contributed by atoms with van der Waals surface area (Å²) in [6.45, 7) is 0. The second kappa shape index (κ2) is 3.24. The summed E-state index contributed by atoms with van der Waals surface area (Å²) in [6, 6.07) is 2.13. The van der Waals surface area contributed by atoms with Gasteiger partial charge in [0.1, 0.15) is 22.8 Å². The van der Waals surface area contributed by atoms with Gasteiger partial charge in [-0.1, -0.05) is 0 Å². The molecule has 4 heteroatoms. The normalized spacial score (nSPS) is 8.75. The van der Waals surface area contributed by atoms with Crippen molar-refractivity contribution in [2.45, 2.75) is 0 Å². The first-order valence-corrected chi connectivity index (χ1v) is 3.39. The van der Waals surface area contributed by atoms with E-state index in [-0.39, 0.29) is 22.8 Å². The highest BCUT2D eigenvalue weighted by Crippen LogP contribution is 2.30. The number of halogens is 1. The van der Waals surface area contributed by atoms with Crippen molar-refractivity contribution in [1.29, 1.82) is 0 Å². The first-order chi connectivity index (χ1) is 5.65. The van der Waals surface area contributed by atoms with Crippen LogP contribution >= 0.6 is 11.6 Å². The monoisotopic (exact) mass is 184 g/mol. The molecule has 1 rings (SSSR count). The standard InChI is InChI=1S/C8H5ClO3/c9-2-1-6-7(11)3-5(10)4-8(6)12/h3-4,10-12H. The van der Waals surface area contributed by atoms with Crippen LogP contribution < -0.4 is 0 Å². The zero-order valence-corrected chi connectivity index (χ0v) is 6.63. The van der Waals surface area contributed by atoms with Gasteiger partial charge >= 0.3 is 0 Å². The van der Waals surface area contributed by atoms with Crippen molar-refractivity contribution in [1.82, 2.24) is 0 Å². The van der Waals surface area contributed by atoms with Crippen molar-refractivity contribution in [3.63, 3.8) is 0 Å². The lowest BCUT2D eigenvalue weighted by molar-refractivity contribution is 0.426. The Hall–Kier alpha value is -1.53. The fourth-order valence-electron chi connectivity index (χ4n) is 0.773. The largest absolute Gasteiger partial charge is 0.508 e. The molecular formula is C8H5ClO3. The molecule has 0 fully saturated rings. The molecule has 1 aromatic carbocycles. The lowest BCUT2D eigenvalue weighted by Crippen LogP contribution is -1.78. The highest BCUT2D eigenvalue weighted by molar-refractivity contribution is 6.30. The quantitative estimate of drug-likeness (QED) is 0.534. The molecule has 0 aliphatic carbocycles. The van der Waals surface area contributed by atoms with Gasteiger partial charge in [-0.05, 0) is 17.5 Å². The van der Waals surface area contributed by atoms with E-state index in [0.717, 1.165) is 12.1 Å². The first kappa shape index (κ1) is 8.57. The van der Waals surface area contributed by atoms with Gasteiger partial charge in [-0.25, -0.2) is 0 Å². The predicted octanol–water partition coefficient (Wildman–Crippen LogP) is 1.35. The molecule has 0 bridgehead atoms. The molecule has 1 aromatic rings. The molecule has 12 heavy (non-hydrogen) atoms. The van der Waals surface area contributed by atoms with Gasteiger partial charge in [-0.15, -0.1) is 0 Å². The number of hydrogen-bond donors (Lipinski definition) is 3. The third-order valence-corrected chi connectivity index (χ3v) is 1.35. The Morgan fingerprint density at radius 3 is 2.00 bits per heavy atom. The topological polar surface area (TPSA) is 60.7 Å². The SMILES string of the molecule is Oc1cc(O)c(C#CCl)c(O)c1. The van der Waals surface area contributed by atoms with E-state index < -0.39 is 0 Å². The zero-order chi connectivity index (χ0) is 9.14. The summed E-state index contributed by atoms with van der Waals surface area (Å²) in [5.74, 6) is 1.43. The predicted molar refractivity (Wildman–Crippen MR) is 44.2 cm³/mol. The maximum atomic E-state index is 9.12. The molecule has 0 aliphatic heterocycles. The first-order valence-electron chi connectivity index (χ1n) is 3.01. The summed E-state index contributed by atoms with van der Waals surface area (Å²) in [5.41, 5.74) is 0.00259. The summed E-state index contributed by atoms with van der Waals surface area (Å²) in [7, 11) is 0. The Morgan fingerprint density at radius 1 is 1.08 bits per heavy atom. The molecule has 0 saturated carbocycles. The van der Waals surface area contributed by atoms with Gasteiger partial charge in [-0.2, -0.15) is 0 Å². The molecule has 0 unspecified atom stereocenters. The number of phenolic OH excluding ortho intramolecular Hbond substituents is 3. The van der Waals surface area contributed by atoms with Gasteiger partial charge in [0.05, 0.1) is 0 Å². The molecule has 0 heterocycles. The van der Waals surface area contributed by atoms with Crippen LogP contribution in [-0.2, 0) is 0 Å². The van der Waals surface area contributed by atoms with E-state index in [1.54, 1.807) is 0 Å². The maximum Gasteiger partial charge on any atom is 0.138 e. The fraction of sp³-hybridized carbons (Fsp3) is 0. The molecular weight excluding hydrogens is 180 g/mol. The minimum Gasteiger partial charge on any atom is -0.508 e. The van der Waals surface area contributed by atoms with Crippen molar-refractivity contribution in [2.75, 3.05) is 0 Å². The smallest absolute Gasteiger partial charge is 0.138 e. The zero-order valence-electron chi connectivity index (χ0n) is 5.87. The van der Waals surface area contributed by atoms with Gasteiger partial charge < -0.3 is 15.3 Å². The van der Waals surface area contributed by atoms with E-state index in [1.807, 2.05) is 5.38 Å². The minimum atomic E-state index is -0.305. The van der Waals surface area contributed by atoms with Gasteiger partial charge in [-0.3, -0.25) is 0 Å². The van der Waals surface area contributed by atoms with Crippen LogP contribution in [0.3, 0.4) is 0 Å². The molecule has 0 spiro atoms. The third kappa shape index (κ3) is 1.55. The van der Waals surface area contributed by atoms with Gasteiger partial charge in [0, 0.05) is 17.5 Å². The van der Waals surface area contributed by atoms with E-state index in [2.05, 4.69) is 5.92 Å². The number of rotatable bonds is 0. The average molecular weight is 185 g/mol. The Bertz CT molecular complexity index is 339. The number of phenols is 3. The second-order valence-corrected chi connectivity index (χ2v) is 2.27. The maximum absolute atomic E-state index is 9.12. The molecule has 0 saturated heterocycles. The number of aromatic hydroxyl groups is 3. The molecule has 0 atom stereocenters. The van der Waals surface area contributed by atoms with Crippen LogP contribution in [0.1, 0.15) is 5.56 Å². The van der Waals surface area contributed by atoms with E-state index in [4.69, 9.17) is 26.9 Å². The van der Waals surface area contributed by atoms with E-state index in [1.165, 1.54) is 0 Å². The van der Waals surface area contributed by atoms with Crippen LogP contribution in [-0.4, -0.2) is 15.3 Å². The molecule has 3 nitrogen and oxygen atoms in total. The lowest BCUT2D eigenvalue weighted by atomic mass is 10.2. The van der Waals surface area contributed by atoms with E-state index in [9.17, 15) is 0 Å². The summed E-state index contributed by atoms with van der Waals surface area (Å²) in [4.78, 5) is 0. The van der Waals surface area contributed by atoms with Crippen LogP contribution in [0.5, 0.6) is 17.2 Å². The summed E-state index contributed by atoms with van der Waals surface area (Å²) in [6.07, 6.45) is 0. The summed E-state index contributed by atoms with van der Waals surface area (Å²) < 4.78 is 0. The Balaban J connectivity index is 3.34. The molecule has 0 amide bonds. The molecule has 62 valence electrons. The molecule has 0 aromatic heterocycles. The van der Waals surface area contributed by atoms with Gasteiger partial charge in [0.25, 0.3) is 0 Å². The van der Waals surface area contributed by atoms with Crippen LogP contribution in [0.25, 0.3) is 0 Å². The second-order valence-electron chi connectivity index (χ2n) is 2.08. The highest BCUT2D eigenvalue weighted by Gasteiger charge is 2.06. The molecule has 0 aliphatic rings. The highest BCUT2D eigenvalue weighted by atomic mass is 35.5. The van der Waals surface area contributed by atoms with Gasteiger partial charge in [0.15, 0.2) is 0 Å². The van der Waals surface area contributed by atoms with Crippen molar-refractivity contribution in [2.24, 2.45) is 0 Å². The van der Waals surface area contributed by atoms with E-state index >= 15 is 0 Å². The van der Waals surface area contributed by atoms with Crippen molar-refractivity contribution < 1.29 is 15.3 Å². The third-order valence-electron chi connectivity index (χ3n) is 1.25. The lowest BCUT2D eigenvalue weighted by Gasteiger charge is -2.00. The van der Waals surface area contributed by atoms with Crippen LogP contribution in [0.4, 0.5) is 0 Å². The average Bonchev–Trinajstić information content (AvgIpc) is 1.96. The number of hydrogen-bond acceptors (Lipinski definition) is 3. The fourth-order valence-corrected chi connectivity index (χ4v) is 0.867. The van der Waals surface area contributed by atoms with Crippen molar-refractivity contribution in [3.8, 4) is 28.5 Å². The van der Waals surface area contributed by atoms with Crippen molar-refractivity contribution >= 4 is 11.6 Å². The Morgan fingerprint density at radius 2 is 1.58 bits per heavy atom. The van der Waals surface area contributed by atoms with Crippen molar-refractivity contribution in [3.05, 3.63) is 17.7 Å². The summed E-state index contributed by atoms with van der Waals surface area (Å²) in [5, 5.41) is 29.1. The minimum absolute atomic E-state index is 0.00259. The van der Waals surface area contributed by atoms with E-state index in [0.29, 0.717) is 0 Å². The molecule has 3 N–H and O–H groups in total. The van der Waals surface area contributed by atoms with Crippen LogP contribution in [0, 0.1) is 11.3 Å². The van der Waals surface area contributed by atoms with Crippen LogP contribution in [0.15, 0.2) is 12.1 Å².